The summed E-state index contributed by atoms with van der Waals surface area (Å²) in [4.78, 5) is 4.29. The number of methoxy groups -OCH3 is 1. The van der Waals surface area contributed by atoms with Crippen LogP contribution in [0.25, 0.3) is 0 Å². The highest BCUT2D eigenvalue weighted by Gasteiger charge is 2.22. The van der Waals surface area contributed by atoms with Crippen LogP contribution >= 0.6 is 0 Å². The molecule has 0 bridgehead atoms. The van der Waals surface area contributed by atoms with Gasteiger partial charge < -0.3 is 15.0 Å². The Morgan fingerprint density at radius 1 is 1.40 bits per heavy atom. The second-order valence-corrected chi connectivity index (χ2v) is 3.95. The number of ether oxygens (including phenoxy) is 1. The molecule has 0 aliphatic rings. The monoisotopic (exact) mass is 213 g/mol. The molecule has 2 unspecified atom stereocenters. The van der Waals surface area contributed by atoms with Gasteiger partial charge in [-0.1, -0.05) is 19.0 Å². The van der Waals surface area contributed by atoms with Gasteiger partial charge in [-0.3, -0.25) is 0 Å². The van der Waals surface area contributed by atoms with Crippen LogP contribution in [0.1, 0.15) is 44.5 Å². The van der Waals surface area contributed by atoms with Gasteiger partial charge in [0.05, 0.1) is 5.92 Å². The number of nitrogens with zero attached hydrogens (tertiary/aromatic N) is 2. The maximum atomic E-state index is 5.66. The SMILES string of the molecule is COC(C)c1noc(C(CN)C(C)C)n1. The van der Waals surface area contributed by atoms with Crippen LogP contribution in [0.4, 0.5) is 0 Å². The van der Waals surface area contributed by atoms with E-state index >= 15 is 0 Å². The van der Waals surface area contributed by atoms with Gasteiger partial charge in [-0.05, 0) is 12.8 Å². The first-order valence-electron chi connectivity index (χ1n) is 5.16. The molecule has 0 aromatic carbocycles. The number of hydrogen-bond donors (Lipinski definition) is 1. The first-order valence-corrected chi connectivity index (χ1v) is 5.16. The molecule has 5 nitrogen and oxygen atoms in total. The summed E-state index contributed by atoms with van der Waals surface area (Å²) in [5.74, 6) is 1.69. The van der Waals surface area contributed by atoms with E-state index in [1.54, 1.807) is 7.11 Å². The zero-order valence-electron chi connectivity index (χ0n) is 9.73. The summed E-state index contributed by atoms with van der Waals surface area (Å²) in [7, 11) is 1.61. The normalized spacial score (nSPS) is 15.6. The highest BCUT2D eigenvalue weighted by atomic mass is 16.5. The molecule has 0 saturated carbocycles. The molecule has 0 aliphatic carbocycles. The molecule has 0 saturated heterocycles. The Balaban J connectivity index is 2.82. The van der Waals surface area contributed by atoms with E-state index in [-0.39, 0.29) is 12.0 Å². The van der Waals surface area contributed by atoms with Crippen molar-refractivity contribution in [3.8, 4) is 0 Å². The number of nitrogens with two attached hydrogens (primary N) is 1. The van der Waals surface area contributed by atoms with Gasteiger partial charge in [0.1, 0.15) is 6.10 Å². The fourth-order valence-corrected chi connectivity index (χ4v) is 1.33. The van der Waals surface area contributed by atoms with Crippen molar-refractivity contribution in [2.75, 3.05) is 13.7 Å². The minimum Gasteiger partial charge on any atom is -0.374 e. The molecule has 2 N–H and O–H groups in total. The largest absolute Gasteiger partial charge is 0.374 e. The molecule has 1 aromatic rings. The molecule has 0 radical (unpaired) electrons. The van der Waals surface area contributed by atoms with Crippen LogP contribution in [0.15, 0.2) is 4.52 Å². The fourth-order valence-electron chi connectivity index (χ4n) is 1.33. The Kier molecular flexibility index (Phi) is 4.23. The van der Waals surface area contributed by atoms with Crippen molar-refractivity contribution < 1.29 is 9.26 Å². The summed E-state index contributed by atoms with van der Waals surface area (Å²) < 4.78 is 10.3. The van der Waals surface area contributed by atoms with Gasteiger partial charge in [-0.25, -0.2) is 0 Å². The fraction of sp³-hybridized carbons (Fsp3) is 0.800. The molecule has 5 heteroatoms. The van der Waals surface area contributed by atoms with Crippen molar-refractivity contribution in [3.05, 3.63) is 11.7 Å². The maximum absolute atomic E-state index is 5.66. The Labute approximate surface area is 90.0 Å². The first-order chi connectivity index (χ1) is 7.10. The van der Waals surface area contributed by atoms with Crippen molar-refractivity contribution in [2.24, 2.45) is 11.7 Å². The molecule has 0 amide bonds. The second-order valence-electron chi connectivity index (χ2n) is 3.95. The van der Waals surface area contributed by atoms with Crippen molar-refractivity contribution in [1.82, 2.24) is 10.1 Å². The van der Waals surface area contributed by atoms with Crippen LogP contribution in [0.3, 0.4) is 0 Å². The number of aromatic nitrogens is 2. The van der Waals surface area contributed by atoms with Crippen molar-refractivity contribution in [3.63, 3.8) is 0 Å². The molecule has 1 rings (SSSR count). The first kappa shape index (κ1) is 12.1. The molecule has 2 atom stereocenters. The van der Waals surface area contributed by atoms with E-state index in [1.165, 1.54) is 0 Å². The molecular formula is C10H19N3O2. The predicted molar refractivity (Wildman–Crippen MR) is 56.4 cm³/mol. The van der Waals surface area contributed by atoms with E-state index in [9.17, 15) is 0 Å². The van der Waals surface area contributed by atoms with Crippen LogP contribution in [-0.4, -0.2) is 23.8 Å². The quantitative estimate of drug-likeness (QED) is 0.801. The lowest BCUT2D eigenvalue weighted by Gasteiger charge is -2.13. The number of rotatable bonds is 5. The average molecular weight is 213 g/mol. The molecule has 1 heterocycles. The Morgan fingerprint density at radius 3 is 2.53 bits per heavy atom. The highest BCUT2D eigenvalue weighted by Crippen LogP contribution is 2.23. The van der Waals surface area contributed by atoms with Gasteiger partial charge in [-0.2, -0.15) is 4.98 Å². The Hall–Kier alpha value is -0.940. The van der Waals surface area contributed by atoms with E-state index in [4.69, 9.17) is 15.0 Å². The van der Waals surface area contributed by atoms with Crippen LogP contribution in [-0.2, 0) is 4.74 Å². The van der Waals surface area contributed by atoms with E-state index in [2.05, 4.69) is 24.0 Å². The summed E-state index contributed by atoms with van der Waals surface area (Å²) in [5, 5.41) is 3.87. The van der Waals surface area contributed by atoms with E-state index < -0.39 is 0 Å². The third-order valence-corrected chi connectivity index (χ3v) is 2.55. The molecule has 15 heavy (non-hydrogen) atoms. The van der Waals surface area contributed by atoms with Gasteiger partial charge in [0.25, 0.3) is 0 Å². The van der Waals surface area contributed by atoms with E-state index in [1.807, 2.05) is 6.92 Å². The lowest BCUT2D eigenvalue weighted by Crippen LogP contribution is -2.18. The zero-order valence-corrected chi connectivity index (χ0v) is 9.73. The van der Waals surface area contributed by atoms with Gasteiger partial charge >= 0.3 is 0 Å². The lowest BCUT2D eigenvalue weighted by atomic mass is 9.96. The topological polar surface area (TPSA) is 74.2 Å². The molecule has 1 aromatic heterocycles. The second kappa shape index (κ2) is 5.23. The van der Waals surface area contributed by atoms with Crippen molar-refractivity contribution >= 4 is 0 Å². The van der Waals surface area contributed by atoms with Gasteiger partial charge in [0.2, 0.25) is 5.89 Å². The molecule has 0 spiro atoms. The Bertz CT molecular complexity index is 299. The Morgan fingerprint density at radius 2 is 2.07 bits per heavy atom. The van der Waals surface area contributed by atoms with E-state index in [0.29, 0.717) is 24.2 Å². The lowest BCUT2D eigenvalue weighted by molar-refractivity contribution is 0.109. The van der Waals surface area contributed by atoms with Crippen LogP contribution in [0, 0.1) is 5.92 Å². The van der Waals surface area contributed by atoms with Crippen LogP contribution in [0.2, 0.25) is 0 Å². The van der Waals surface area contributed by atoms with Crippen LogP contribution in [0.5, 0.6) is 0 Å². The van der Waals surface area contributed by atoms with Gasteiger partial charge in [0, 0.05) is 13.7 Å². The van der Waals surface area contributed by atoms with Gasteiger partial charge in [0.15, 0.2) is 5.82 Å². The number of hydrogen-bond acceptors (Lipinski definition) is 5. The molecule has 86 valence electrons. The third-order valence-electron chi connectivity index (χ3n) is 2.55. The van der Waals surface area contributed by atoms with Crippen molar-refractivity contribution in [2.45, 2.75) is 32.8 Å². The summed E-state index contributed by atoms with van der Waals surface area (Å²) in [6.45, 7) is 6.56. The standard InChI is InChI=1S/C10H19N3O2/c1-6(2)8(5-11)10-12-9(13-15-10)7(3)14-4/h6-8H,5,11H2,1-4H3. The summed E-state index contributed by atoms with van der Waals surface area (Å²) in [6.07, 6.45) is -0.145. The predicted octanol–water partition coefficient (Wildman–Crippen LogP) is 1.48. The van der Waals surface area contributed by atoms with Gasteiger partial charge in [-0.15, -0.1) is 0 Å². The highest BCUT2D eigenvalue weighted by molar-refractivity contribution is 4.97. The van der Waals surface area contributed by atoms with E-state index in [0.717, 1.165) is 0 Å². The van der Waals surface area contributed by atoms with Crippen LogP contribution < -0.4 is 5.73 Å². The van der Waals surface area contributed by atoms with Crippen molar-refractivity contribution in [1.29, 1.82) is 0 Å². The molecule has 0 aliphatic heterocycles. The smallest absolute Gasteiger partial charge is 0.231 e. The summed E-state index contributed by atoms with van der Waals surface area (Å²) in [6, 6.07) is 0. The average Bonchev–Trinajstić information content (AvgIpc) is 2.66. The molecular weight excluding hydrogens is 194 g/mol. The molecule has 0 fully saturated rings. The maximum Gasteiger partial charge on any atom is 0.231 e. The minimum absolute atomic E-state index is 0.121. The summed E-state index contributed by atoms with van der Waals surface area (Å²) in [5.41, 5.74) is 5.66. The summed E-state index contributed by atoms with van der Waals surface area (Å²) >= 11 is 0. The third kappa shape index (κ3) is 2.76. The zero-order chi connectivity index (χ0) is 11.4. The minimum atomic E-state index is -0.145.